The second kappa shape index (κ2) is 5.96. The third kappa shape index (κ3) is 2.90. The number of rotatable bonds is 4. The van der Waals surface area contributed by atoms with E-state index in [2.05, 4.69) is 20.1 Å². The van der Waals surface area contributed by atoms with Crippen LogP contribution in [0, 0.1) is 12.8 Å². The van der Waals surface area contributed by atoms with E-state index in [1.807, 2.05) is 11.8 Å². The van der Waals surface area contributed by atoms with Gasteiger partial charge >= 0.3 is 0 Å². The lowest BCUT2D eigenvalue weighted by Crippen LogP contribution is -2.49. The molecule has 0 aromatic carbocycles. The van der Waals surface area contributed by atoms with Crippen LogP contribution in [0.5, 0.6) is 0 Å². The van der Waals surface area contributed by atoms with Gasteiger partial charge in [0.2, 0.25) is 11.7 Å². The standard InChI is InChI=1S/C17H21N5O2/c1-12-20-16(21-24-12)17(10-13-4-5-13)6-2-9-22(11-17)15(23)14-18-7-3-8-19-14/h3,7-8,13H,2,4-6,9-11H2,1H3. The Hall–Kier alpha value is -2.31. The summed E-state index contributed by atoms with van der Waals surface area (Å²) in [5, 5.41) is 4.20. The normalized spacial score (nSPS) is 24.1. The van der Waals surface area contributed by atoms with Crippen molar-refractivity contribution in [1.29, 1.82) is 0 Å². The largest absolute Gasteiger partial charge is 0.340 e. The average Bonchev–Trinajstić information content (AvgIpc) is 3.31. The Labute approximate surface area is 140 Å². The van der Waals surface area contributed by atoms with Gasteiger partial charge in [0.25, 0.3) is 5.91 Å². The maximum atomic E-state index is 12.8. The van der Waals surface area contributed by atoms with Gasteiger partial charge in [-0.15, -0.1) is 0 Å². The third-order valence-electron chi connectivity index (χ3n) is 5.00. The first kappa shape index (κ1) is 15.2. The first-order valence-corrected chi connectivity index (χ1v) is 8.53. The summed E-state index contributed by atoms with van der Waals surface area (Å²) in [7, 11) is 0. The number of nitrogens with zero attached hydrogens (tertiary/aromatic N) is 5. The number of aromatic nitrogens is 4. The van der Waals surface area contributed by atoms with Gasteiger partial charge in [0.15, 0.2) is 5.82 Å². The molecule has 1 saturated carbocycles. The van der Waals surface area contributed by atoms with E-state index in [0.29, 0.717) is 18.4 Å². The molecule has 1 saturated heterocycles. The minimum atomic E-state index is -0.207. The molecular weight excluding hydrogens is 306 g/mol. The van der Waals surface area contributed by atoms with E-state index in [9.17, 15) is 4.79 Å². The van der Waals surface area contributed by atoms with E-state index >= 15 is 0 Å². The summed E-state index contributed by atoms with van der Waals surface area (Å²) >= 11 is 0. The van der Waals surface area contributed by atoms with E-state index in [-0.39, 0.29) is 17.1 Å². The van der Waals surface area contributed by atoms with Crippen LogP contribution in [-0.4, -0.2) is 44.0 Å². The molecular formula is C17H21N5O2. The molecule has 0 radical (unpaired) electrons. The predicted molar refractivity (Wildman–Crippen MR) is 85.2 cm³/mol. The fourth-order valence-electron chi connectivity index (χ4n) is 3.69. The Morgan fingerprint density at radius 2 is 2.17 bits per heavy atom. The molecule has 2 fully saturated rings. The van der Waals surface area contributed by atoms with Crippen LogP contribution < -0.4 is 0 Å². The molecule has 0 spiro atoms. The van der Waals surface area contributed by atoms with Crippen LogP contribution in [0.3, 0.4) is 0 Å². The van der Waals surface area contributed by atoms with Crippen molar-refractivity contribution < 1.29 is 9.32 Å². The van der Waals surface area contributed by atoms with Gasteiger partial charge in [-0.2, -0.15) is 4.98 Å². The molecule has 2 aliphatic rings. The zero-order chi connectivity index (χ0) is 16.6. The molecule has 0 bridgehead atoms. The molecule has 1 aliphatic carbocycles. The molecule has 7 nitrogen and oxygen atoms in total. The van der Waals surface area contributed by atoms with Crippen LogP contribution in [0.25, 0.3) is 0 Å². The number of likely N-dealkylation sites (tertiary alicyclic amines) is 1. The fourth-order valence-corrected chi connectivity index (χ4v) is 3.69. The molecule has 0 N–H and O–H groups in total. The minimum Gasteiger partial charge on any atom is -0.340 e. The smallest absolute Gasteiger partial charge is 0.291 e. The number of hydrogen-bond donors (Lipinski definition) is 0. The lowest BCUT2D eigenvalue weighted by molar-refractivity contribution is 0.0595. The second-order valence-electron chi connectivity index (χ2n) is 6.97. The topological polar surface area (TPSA) is 85.0 Å². The molecule has 2 aromatic heterocycles. The Bertz CT molecular complexity index is 728. The van der Waals surface area contributed by atoms with Crippen LogP contribution in [0.15, 0.2) is 23.0 Å². The van der Waals surface area contributed by atoms with Gasteiger partial charge in [0.05, 0.1) is 5.41 Å². The van der Waals surface area contributed by atoms with Crippen LogP contribution in [-0.2, 0) is 5.41 Å². The zero-order valence-corrected chi connectivity index (χ0v) is 13.8. The zero-order valence-electron chi connectivity index (χ0n) is 13.8. The number of piperidine rings is 1. The van der Waals surface area contributed by atoms with Crippen molar-refractivity contribution in [2.24, 2.45) is 5.92 Å². The van der Waals surface area contributed by atoms with Crippen molar-refractivity contribution in [3.8, 4) is 0 Å². The highest BCUT2D eigenvalue weighted by atomic mass is 16.5. The van der Waals surface area contributed by atoms with Crippen molar-refractivity contribution >= 4 is 5.91 Å². The van der Waals surface area contributed by atoms with Gasteiger partial charge in [-0.05, 0) is 31.2 Å². The molecule has 3 heterocycles. The average molecular weight is 327 g/mol. The Kier molecular flexibility index (Phi) is 3.78. The Morgan fingerprint density at radius 1 is 1.38 bits per heavy atom. The SMILES string of the molecule is Cc1nc(C2(CC3CC3)CCCN(C(=O)c3ncccn3)C2)no1. The van der Waals surface area contributed by atoms with Crippen molar-refractivity contribution in [3.05, 3.63) is 36.0 Å². The molecule has 2 aromatic rings. The molecule has 1 unspecified atom stereocenters. The van der Waals surface area contributed by atoms with Crippen LogP contribution >= 0.6 is 0 Å². The predicted octanol–water partition coefficient (Wildman–Crippen LogP) is 2.14. The number of hydrogen-bond acceptors (Lipinski definition) is 6. The summed E-state index contributed by atoms with van der Waals surface area (Å²) in [5.41, 5.74) is -0.207. The van der Waals surface area contributed by atoms with Crippen LogP contribution in [0.1, 0.15) is 54.4 Å². The number of aryl methyl sites for hydroxylation is 1. The summed E-state index contributed by atoms with van der Waals surface area (Å²) in [6.45, 7) is 3.14. The van der Waals surface area contributed by atoms with Crippen molar-refractivity contribution in [2.45, 2.75) is 44.4 Å². The van der Waals surface area contributed by atoms with Crippen LogP contribution in [0.2, 0.25) is 0 Å². The quantitative estimate of drug-likeness (QED) is 0.855. The lowest BCUT2D eigenvalue weighted by atomic mass is 9.75. The molecule has 24 heavy (non-hydrogen) atoms. The lowest BCUT2D eigenvalue weighted by Gasteiger charge is -2.40. The highest BCUT2D eigenvalue weighted by Gasteiger charge is 2.45. The van der Waals surface area contributed by atoms with E-state index < -0.39 is 0 Å². The van der Waals surface area contributed by atoms with Crippen LogP contribution in [0.4, 0.5) is 0 Å². The first-order valence-electron chi connectivity index (χ1n) is 8.53. The maximum Gasteiger partial charge on any atom is 0.291 e. The molecule has 1 aliphatic heterocycles. The minimum absolute atomic E-state index is 0.115. The van der Waals surface area contributed by atoms with E-state index in [4.69, 9.17) is 4.52 Å². The number of amides is 1. The fraction of sp³-hybridized carbons (Fsp3) is 0.588. The maximum absolute atomic E-state index is 12.8. The Morgan fingerprint density at radius 3 is 2.83 bits per heavy atom. The van der Waals surface area contributed by atoms with Crippen molar-refractivity contribution in [3.63, 3.8) is 0 Å². The van der Waals surface area contributed by atoms with Gasteiger partial charge in [-0.1, -0.05) is 18.0 Å². The van der Waals surface area contributed by atoms with E-state index in [1.54, 1.807) is 18.5 Å². The van der Waals surface area contributed by atoms with Gasteiger partial charge in [0.1, 0.15) is 0 Å². The number of carbonyl (C=O) groups is 1. The Balaban J connectivity index is 1.61. The van der Waals surface area contributed by atoms with Gasteiger partial charge in [0, 0.05) is 32.4 Å². The van der Waals surface area contributed by atoms with Gasteiger partial charge in [-0.3, -0.25) is 4.79 Å². The second-order valence-corrected chi connectivity index (χ2v) is 6.97. The summed E-state index contributed by atoms with van der Waals surface area (Å²) in [6, 6.07) is 1.71. The monoisotopic (exact) mass is 327 g/mol. The summed E-state index contributed by atoms with van der Waals surface area (Å²) < 4.78 is 5.24. The van der Waals surface area contributed by atoms with E-state index in [1.165, 1.54) is 12.8 Å². The highest BCUT2D eigenvalue weighted by molar-refractivity contribution is 5.90. The third-order valence-corrected chi connectivity index (χ3v) is 5.00. The molecule has 4 rings (SSSR count). The molecule has 1 atom stereocenters. The molecule has 7 heteroatoms. The van der Waals surface area contributed by atoms with Crippen molar-refractivity contribution in [1.82, 2.24) is 25.0 Å². The van der Waals surface area contributed by atoms with E-state index in [0.717, 1.165) is 31.6 Å². The molecule has 126 valence electrons. The number of carbonyl (C=O) groups excluding carboxylic acids is 1. The summed E-state index contributed by atoms with van der Waals surface area (Å²) in [4.78, 5) is 27.3. The summed E-state index contributed by atoms with van der Waals surface area (Å²) in [6.07, 6.45) is 8.66. The summed E-state index contributed by atoms with van der Waals surface area (Å²) in [5.74, 6) is 2.18. The van der Waals surface area contributed by atoms with Crippen molar-refractivity contribution in [2.75, 3.05) is 13.1 Å². The molecule has 1 amide bonds. The van der Waals surface area contributed by atoms with Gasteiger partial charge < -0.3 is 9.42 Å². The first-order chi connectivity index (χ1) is 11.7. The highest BCUT2D eigenvalue weighted by Crippen LogP contribution is 2.45. The van der Waals surface area contributed by atoms with Gasteiger partial charge in [-0.25, -0.2) is 9.97 Å².